The van der Waals surface area contributed by atoms with E-state index in [0.29, 0.717) is 0 Å². The zero-order chi connectivity index (χ0) is 15.6. The Balaban J connectivity index is 0. The van der Waals surface area contributed by atoms with Crippen molar-refractivity contribution in [1.82, 2.24) is 0 Å². The van der Waals surface area contributed by atoms with Gasteiger partial charge in [0.05, 0.1) is 0 Å². The second-order valence-electron chi connectivity index (χ2n) is 6.97. The van der Waals surface area contributed by atoms with Gasteiger partial charge in [0.15, 0.2) is 0 Å². The van der Waals surface area contributed by atoms with Gasteiger partial charge in [-0.25, -0.2) is 0 Å². The topological polar surface area (TPSA) is 0 Å². The molecule has 0 aromatic carbocycles. The van der Waals surface area contributed by atoms with Crippen LogP contribution in [0.15, 0.2) is 0 Å². The third kappa shape index (κ3) is 19.2. The van der Waals surface area contributed by atoms with Gasteiger partial charge < -0.3 is 0 Å². The van der Waals surface area contributed by atoms with Gasteiger partial charge in [-0.1, -0.05) is 0 Å². The van der Waals surface area contributed by atoms with Crippen LogP contribution in [0.1, 0.15) is 117 Å². The first-order valence-electron chi connectivity index (χ1n) is 10.1. The van der Waals surface area contributed by atoms with Gasteiger partial charge in [-0.15, -0.1) is 17.0 Å². The fourth-order valence-electron chi connectivity index (χ4n) is 3.21. The zero-order valence-corrected chi connectivity index (χ0v) is 20.4. The van der Waals surface area contributed by atoms with Crippen LogP contribution in [-0.4, -0.2) is 0 Å². The van der Waals surface area contributed by atoms with Crippen molar-refractivity contribution in [2.75, 3.05) is 0 Å². The molecule has 0 spiro atoms. The van der Waals surface area contributed by atoms with Gasteiger partial charge in [0.25, 0.3) is 0 Å². The SMILES string of the molecule is Br.CCCCCCCCCCC([CH2][Zn])CCCCCCCC. The van der Waals surface area contributed by atoms with Crippen molar-refractivity contribution >= 4 is 17.0 Å². The predicted molar refractivity (Wildman–Crippen MR) is 104 cm³/mol. The van der Waals surface area contributed by atoms with Crippen LogP contribution in [0.25, 0.3) is 0 Å². The molecule has 0 amide bonds. The summed E-state index contributed by atoms with van der Waals surface area (Å²) in [4.78, 5) is 0. The minimum atomic E-state index is 0. The molecule has 0 aliphatic heterocycles. The summed E-state index contributed by atoms with van der Waals surface area (Å²) in [6.07, 6.45) is 23.6. The van der Waals surface area contributed by atoms with Crippen LogP contribution >= 0.6 is 17.0 Å². The molecule has 2 heteroatoms. The third-order valence-corrected chi connectivity index (χ3v) is 6.55. The molecule has 0 rings (SSSR count). The summed E-state index contributed by atoms with van der Waals surface area (Å²) >= 11 is 1.51. The van der Waals surface area contributed by atoms with Gasteiger partial charge in [0.1, 0.15) is 0 Å². The maximum absolute atomic E-state index is 2.31. The van der Waals surface area contributed by atoms with Crippen LogP contribution in [0, 0.1) is 5.92 Å². The van der Waals surface area contributed by atoms with Crippen molar-refractivity contribution in [2.45, 2.75) is 122 Å². The van der Waals surface area contributed by atoms with Gasteiger partial charge in [-0.2, -0.15) is 0 Å². The second-order valence-corrected chi connectivity index (χ2v) is 8.19. The molecule has 0 heterocycles. The molecule has 0 aliphatic carbocycles. The number of hydrogen-bond donors (Lipinski definition) is 0. The molecule has 1 atom stereocenters. The molecule has 0 N–H and O–H groups in total. The van der Waals surface area contributed by atoms with Gasteiger partial charge in [-0.3, -0.25) is 0 Å². The fraction of sp³-hybridized carbons (Fsp3) is 1.00. The summed E-state index contributed by atoms with van der Waals surface area (Å²) in [5.41, 5.74) is 0. The number of hydrogen-bond acceptors (Lipinski definition) is 0. The molecule has 0 saturated carbocycles. The molecular weight excluding hydrogens is 386 g/mol. The van der Waals surface area contributed by atoms with E-state index >= 15 is 0 Å². The summed E-state index contributed by atoms with van der Waals surface area (Å²) in [5.74, 6) is 1.08. The first kappa shape index (κ1) is 25.3. The Kier molecular flexibility index (Phi) is 25.5. The Morgan fingerprint density at radius 3 is 1.18 bits per heavy atom. The Hall–Kier alpha value is 1.10. The normalized spacial score (nSPS) is 12.2. The number of rotatable bonds is 17. The van der Waals surface area contributed by atoms with E-state index in [1.165, 1.54) is 126 Å². The molecule has 0 bridgehead atoms. The molecule has 0 radical (unpaired) electrons. The predicted octanol–water partition coefficient (Wildman–Crippen LogP) is 8.43. The summed E-state index contributed by atoms with van der Waals surface area (Å²) in [5, 5.41) is 1.53. The molecule has 1 unspecified atom stereocenters. The van der Waals surface area contributed by atoms with Crippen molar-refractivity contribution in [3.8, 4) is 0 Å². The fourth-order valence-corrected chi connectivity index (χ4v) is 4.42. The quantitative estimate of drug-likeness (QED) is 0.161. The van der Waals surface area contributed by atoms with Gasteiger partial charge >= 0.3 is 146 Å². The van der Waals surface area contributed by atoms with E-state index in [-0.39, 0.29) is 17.0 Å². The monoisotopic (exact) mass is 425 g/mol. The molecule has 0 nitrogen and oxygen atoms in total. The van der Waals surface area contributed by atoms with E-state index in [1.807, 2.05) is 0 Å². The molecular formula is C20H42BrZn. The second kappa shape index (κ2) is 22.1. The van der Waals surface area contributed by atoms with Gasteiger partial charge in [-0.05, 0) is 0 Å². The van der Waals surface area contributed by atoms with E-state index in [9.17, 15) is 0 Å². The average Bonchev–Trinajstić information content (AvgIpc) is 2.51. The van der Waals surface area contributed by atoms with Crippen molar-refractivity contribution in [2.24, 2.45) is 5.92 Å². The standard InChI is InChI=1S/C20H41.BrH.Zn/c1-4-6-8-10-12-13-15-17-19-20(3)18-16-14-11-9-7-5-2;;/h20H,3-19H2,1-2H3;1H;. The number of unbranched alkanes of at least 4 members (excludes halogenated alkanes) is 12. The molecule has 0 fully saturated rings. The van der Waals surface area contributed by atoms with E-state index in [0.717, 1.165) is 5.92 Å². The summed E-state index contributed by atoms with van der Waals surface area (Å²) in [7, 11) is 0. The molecule has 0 aliphatic rings. The summed E-state index contributed by atoms with van der Waals surface area (Å²) in [6.45, 7) is 4.61. The zero-order valence-electron chi connectivity index (χ0n) is 15.7. The van der Waals surface area contributed by atoms with E-state index < -0.39 is 0 Å². The third-order valence-electron chi connectivity index (χ3n) is 4.84. The van der Waals surface area contributed by atoms with Gasteiger partial charge in [0.2, 0.25) is 0 Å². The summed E-state index contributed by atoms with van der Waals surface area (Å²) < 4.78 is 0. The van der Waals surface area contributed by atoms with Crippen molar-refractivity contribution in [3.05, 3.63) is 0 Å². The number of halogens is 1. The molecule has 0 aromatic heterocycles. The Labute approximate surface area is 162 Å². The molecule has 22 heavy (non-hydrogen) atoms. The van der Waals surface area contributed by atoms with Crippen LogP contribution < -0.4 is 0 Å². The van der Waals surface area contributed by atoms with E-state index in [4.69, 9.17) is 0 Å². The van der Waals surface area contributed by atoms with Crippen LogP contribution in [0.2, 0.25) is 5.02 Å². The van der Waals surface area contributed by atoms with Crippen molar-refractivity contribution in [1.29, 1.82) is 0 Å². The maximum atomic E-state index is 2.31. The van der Waals surface area contributed by atoms with E-state index in [2.05, 4.69) is 13.8 Å². The summed E-state index contributed by atoms with van der Waals surface area (Å²) in [6, 6.07) is 0. The molecule has 0 saturated heterocycles. The Morgan fingerprint density at radius 2 is 0.864 bits per heavy atom. The van der Waals surface area contributed by atoms with Crippen LogP contribution in [-0.2, 0) is 18.3 Å². The van der Waals surface area contributed by atoms with E-state index in [1.54, 1.807) is 0 Å². The van der Waals surface area contributed by atoms with Gasteiger partial charge in [0, 0.05) is 0 Å². The van der Waals surface area contributed by atoms with Crippen LogP contribution in [0.5, 0.6) is 0 Å². The Bertz CT molecular complexity index is 185. The molecule has 0 aromatic rings. The van der Waals surface area contributed by atoms with Crippen molar-refractivity contribution in [3.63, 3.8) is 0 Å². The van der Waals surface area contributed by atoms with Crippen molar-refractivity contribution < 1.29 is 18.3 Å². The van der Waals surface area contributed by atoms with Crippen LogP contribution in [0.3, 0.4) is 0 Å². The Morgan fingerprint density at radius 1 is 0.545 bits per heavy atom. The van der Waals surface area contributed by atoms with Crippen LogP contribution in [0.4, 0.5) is 0 Å². The molecule has 131 valence electrons. The first-order valence-corrected chi connectivity index (χ1v) is 12.2. The average molecular weight is 428 g/mol. The first-order chi connectivity index (χ1) is 10.3. The minimum absolute atomic E-state index is 0.